The van der Waals surface area contributed by atoms with Gasteiger partial charge in [0.25, 0.3) is 0 Å². The third-order valence-corrected chi connectivity index (χ3v) is 4.41. The number of sulfonamides is 1. The van der Waals surface area contributed by atoms with E-state index in [1.165, 1.54) is 5.69 Å². The molecule has 2 N–H and O–H groups in total. The van der Waals surface area contributed by atoms with Crippen LogP contribution < -0.4 is 14.9 Å². The largest absolute Gasteiger partial charge is 0.372 e. The fourth-order valence-corrected chi connectivity index (χ4v) is 3.13. The van der Waals surface area contributed by atoms with Gasteiger partial charge in [-0.2, -0.15) is 0 Å². The third-order valence-electron chi connectivity index (χ3n) is 3.81. The summed E-state index contributed by atoms with van der Waals surface area (Å²) in [7, 11) is -3.25. The molecule has 6 heteroatoms. The topological polar surface area (TPSA) is 61.4 Å². The van der Waals surface area contributed by atoms with Gasteiger partial charge in [0.2, 0.25) is 10.0 Å². The molecule has 0 heterocycles. The summed E-state index contributed by atoms with van der Waals surface area (Å²) >= 11 is 0. The molecule has 5 nitrogen and oxygen atoms in total. The highest BCUT2D eigenvalue weighted by atomic mass is 32.2. The Morgan fingerprint density at radius 2 is 1.54 bits per heavy atom. The van der Waals surface area contributed by atoms with Crippen molar-refractivity contribution in [3.63, 3.8) is 0 Å². The molecule has 0 aliphatic heterocycles. The first-order valence-corrected chi connectivity index (χ1v) is 9.92. The van der Waals surface area contributed by atoms with E-state index in [0.717, 1.165) is 36.3 Å². The van der Waals surface area contributed by atoms with Crippen molar-refractivity contribution in [3.8, 4) is 0 Å². The lowest BCUT2D eigenvalue weighted by Gasteiger charge is -2.22. The number of aryl methyl sites for hydroxylation is 1. The van der Waals surface area contributed by atoms with Crippen LogP contribution in [0.4, 0.5) is 22.7 Å². The standard InChI is InChI=1S/C18H25N3O2S/c1-5-21(6-2)17-11-12-18(14(3)13-17)19-15-7-9-16(10-8-15)20-24(4,22)23/h7-13,19-20H,5-6H2,1-4H3. The monoisotopic (exact) mass is 347 g/mol. The van der Waals surface area contributed by atoms with Gasteiger partial charge < -0.3 is 10.2 Å². The summed E-state index contributed by atoms with van der Waals surface area (Å²) in [5.74, 6) is 0. The van der Waals surface area contributed by atoms with Crippen LogP contribution in [0.25, 0.3) is 0 Å². The second-order valence-electron chi connectivity index (χ2n) is 5.75. The fraction of sp³-hybridized carbons (Fsp3) is 0.333. The highest BCUT2D eigenvalue weighted by Gasteiger charge is 2.06. The van der Waals surface area contributed by atoms with Gasteiger partial charge in [-0.1, -0.05) is 0 Å². The molecule has 0 saturated heterocycles. The number of benzene rings is 2. The molecule has 0 fully saturated rings. The number of nitrogens with zero attached hydrogens (tertiary/aromatic N) is 1. The van der Waals surface area contributed by atoms with Gasteiger partial charge >= 0.3 is 0 Å². The van der Waals surface area contributed by atoms with Gasteiger partial charge in [0.05, 0.1) is 6.26 Å². The van der Waals surface area contributed by atoms with Crippen molar-refractivity contribution in [2.75, 3.05) is 34.3 Å². The van der Waals surface area contributed by atoms with E-state index in [9.17, 15) is 8.42 Å². The molecular weight excluding hydrogens is 322 g/mol. The summed E-state index contributed by atoms with van der Waals surface area (Å²) in [6.07, 6.45) is 1.14. The van der Waals surface area contributed by atoms with Crippen molar-refractivity contribution in [2.45, 2.75) is 20.8 Å². The van der Waals surface area contributed by atoms with Gasteiger partial charge in [-0.25, -0.2) is 8.42 Å². The maximum absolute atomic E-state index is 11.2. The SMILES string of the molecule is CCN(CC)c1ccc(Nc2ccc(NS(C)(=O)=O)cc2)c(C)c1. The van der Waals surface area contributed by atoms with Gasteiger partial charge in [0.15, 0.2) is 0 Å². The minimum atomic E-state index is -3.25. The van der Waals surface area contributed by atoms with E-state index in [2.05, 4.69) is 53.9 Å². The molecule has 2 aromatic carbocycles. The molecule has 0 aliphatic carbocycles. The van der Waals surface area contributed by atoms with E-state index >= 15 is 0 Å². The number of hydrogen-bond acceptors (Lipinski definition) is 4. The van der Waals surface area contributed by atoms with Crippen LogP contribution in [0.15, 0.2) is 42.5 Å². The van der Waals surface area contributed by atoms with Crippen LogP contribution in [0, 0.1) is 6.92 Å². The predicted molar refractivity (Wildman–Crippen MR) is 103 cm³/mol. The molecule has 24 heavy (non-hydrogen) atoms. The maximum Gasteiger partial charge on any atom is 0.229 e. The predicted octanol–water partition coefficient (Wildman–Crippen LogP) is 3.96. The zero-order valence-electron chi connectivity index (χ0n) is 14.6. The van der Waals surface area contributed by atoms with Crippen LogP contribution in [0.5, 0.6) is 0 Å². The fourth-order valence-electron chi connectivity index (χ4n) is 2.56. The lowest BCUT2D eigenvalue weighted by molar-refractivity contribution is 0.607. The molecule has 0 spiro atoms. The molecular formula is C18H25N3O2S. The second-order valence-corrected chi connectivity index (χ2v) is 7.50. The normalized spacial score (nSPS) is 11.2. The van der Waals surface area contributed by atoms with Crippen molar-refractivity contribution in [1.29, 1.82) is 0 Å². The van der Waals surface area contributed by atoms with Gasteiger partial charge in [-0.05, 0) is 68.8 Å². The van der Waals surface area contributed by atoms with Crippen LogP contribution in [0.3, 0.4) is 0 Å². The average molecular weight is 347 g/mol. The van der Waals surface area contributed by atoms with Crippen LogP contribution in [-0.4, -0.2) is 27.8 Å². The Balaban J connectivity index is 2.13. The minimum absolute atomic E-state index is 0.552. The molecule has 2 aromatic rings. The van der Waals surface area contributed by atoms with Gasteiger partial charge in [-0.15, -0.1) is 0 Å². The summed E-state index contributed by atoms with van der Waals surface area (Å²) in [4.78, 5) is 2.31. The zero-order chi connectivity index (χ0) is 17.7. The Bertz CT molecular complexity index is 782. The molecule has 0 saturated carbocycles. The van der Waals surface area contributed by atoms with E-state index < -0.39 is 10.0 Å². The summed E-state index contributed by atoms with van der Waals surface area (Å²) in [5, 5.41) is 3.37. The number of rotatable bonds is 7. The molecule has 130 valence electrons. The van der Waals surface area contributed by atoms with E-state index in [1.54, 1.807) is 12.1 Å². The second kappa shape index (κ2) is 7.57. The Morgan fingerprint density at radius 3 is 2.04 bits per heavy atom. The first kappa shape index (κ1) is 18.1. The van der Waals surface area contributed by atoms with Crippen LogP contribution in [-0.2, 0) is 10.0 Å². The average Bonchev–Trinajstić information content (AvgIpc) is 2.51. The number of nitrogens with one attached hydrogen (secondary N) is 2. The van der Waals surface area contributed by atoms with Crippen molar-refractivity contribution < 1.29 is 8.42 Å². The maximum atomic E-state index is 11.2. The van der Waals surface area contributed by atoms with E-state index in [4.69, 9.17) is 0 Å². The number of anilines is 4. The zero-order valence-corrected chi connectivity index (χ0v) is 15.4. The van der Waals surface area contributed by atoms with E-state index in [1.807, 2.05) is 12.1 Å². The summed E-state index contributed by atoms with van der Waals surface area (Å²) < 4.78 is 24.9. The molecule has 0 amide bonds. The Labute approximate surface area is 144 Å². The van der Waals surface area contributed by atoms with Crippen molar-refractivity contribution in [2.24, 2.45) is 0 Å². The van der Waals surface area contributed by atoms with Crippen LogP contribution in [0.1, 0.15) is 19.4 Å². The third kappa shape index (κ3) is 4.89. The van der Waals surface area contributed by atoms with Gasteiger partial charge in [-0.3, -0.25) is 4.72 Å². The van der Waals surface area contributed by atoms with Crippen molar-refractivity contribution in [3.05, 3.63) is 48.0 Å². The highest BCUT2D eigenvalue weighted by Crippen LogP contribution is 2.26. The molecule has 0 atom stereocenters. The van der Waals surface area contributed by atoms with Crippen molar-refractivity contribution in [1.82, 2.24) is 0 Å². The van der Waals surface area contributed by atoms with Gasteiger partial charge in [0.1, 0.15) is 0 Å². The lowest BCUT2D eigenvalue weighted by Crippen LogP contribution is -2.21. The molecule has 0 aromatic heterocycles. The van der Waals surface area contributed by atoms with Crippen LogP contribution >= 0.6 is 0 Å². The first-order valence-electron chi connectivity index (χ1n) is 8.03. The first-order chi connectivity index (χ1) is 11.3. The quantitative estimate of drug-likeness (QED) is 0.796. The molecule has 2 rings (SSSR count). The number of hydrogen-bond donors (Lipinski definition) is 2. The smallest absolute Gasteiger partial charge is 0.229 e. The molecule has 0 aliphatic rings. The molecule has 0 unspecified atom stereocenters. The molecule has 0 radical (unpaired) electrons. The Kier molecular flexibility index (Phi) is 5.72. The summed E-state index contributed by atoms with van der Waals surface area (Å²) in [5.41, 5.74) is 4.88. The van der Waals surface area contributed by atoms with Gasteiger partial charge in [0, 0.05) is 35.8 Å². The molecule has 0 bridgehead atoms. The summed E-state index contributed by atoms with van der Waals surface area (Å²) in [6, 6.07) is 13.5. The van der Waals surface area contributed by atoms with E-state index in [0.29, 0.717) is 5.69 Å². The van der Waals surface area contributed by atoms with E-state index in [-0.39, 0.29) is 0 Å². The minimum Gasteiger partial charge on any atom is -0.372 e. The highest BCUT2D eigenvalue weighted by molar-refractivity contribution is 7.92. The lowest BCUT2D eigenvalue weighted by atomic mass is 10.1. The van der Waals surface area contributed by atoms with Crippen molar-refractivity contribution >= 4 is 32.8 Å². The Morgan fingerprint density at radius 1 is 0.958 bits per heavy atom. The Hall–Kier alpha value is -2.21. The summed E-state index contributed by atoms with van der Waals surface area (Å²) in [6.45, 7) is 8.35. The van der Waals surface area contributed by atoms with Crippen LogP contribution in [0.2, 0.25) is 0 Å².